The largest absolute Gasteiger partial charge is 0.356 e. The highest BCUT2D eigenvalue weighted by atomic mass is 19.1. The molecule has 1 aliphatic heterocycles. The lowest BCUT2D eigenvalue weighted by Crippen LogP contribution is -2.39. The Morgan fingerprint density at radius 2 is 2.26 bits per heavy atom. The Morgan fingerprint density at radius 1 is 1.41 bits per heavy atom. The zero-order chi connectivity index (χ0) is 19.2. The van der Waals surface area contributed by atoms with E-state index in [4.69, 9.17) is 0 Å². The lowest BCUT2D eigenvalue weighted by atomic mass is 10.2. The van der Waals surface area contributed by atoms with Gasteiger partial charge in [-0.05, 0) is 37.0 Å². The van der Waals surface area contributed by atoms with Crippen LogP contribution >= 0.6 is 0 Å². The quantitative estimate of drug-likeness (QED) is 0.474. The number of aliphatic imine (C=N–C) groups is 1. The van der Waals surface area contributed by atoms with Crippen molar-refractivity contribution >= 4 is 5.96 Å². The minimum absolute atomic E-state index is 0.00250. The third kappa shape index (κ3) is 4.75. The maximum Gasteiger partial charge on any atom is 0.345 e. The summed E-state index contributed by atoms with van der Waals surface area (Å²) in [4.78, 5) is 18.5. The molecule has 0 unspecified atom stereocenters. The van der Waals surface area contributed by atoms with Gasteiger partial charge in [-0.3, -0.25) is 9.56 Å². The zero-order valence-electron chi connectivity index (χ0n) is 16.0. The molecule has 0 aliphatic carbocycles. The van der Waals surface area contributed by atoms with Crippen molar-refractivity contribution in [3.63, 3.8) is 0 Å². The summed E-state index contributed by atoms with van der Waals surface area (Å²) >= 11 is 0. The van der Waals surface area contributed by atoms with Crippen molar-refractivity contribution in [2.75, 3.05) is 20.6 Å². The lowest BCUT2D eigenvalue weighted by molar-refractivity contribution is 0.468. The van der Waals surface area contributed by atoms with Crippen LogP contribution in [0.5, 0.6) is 0 Å². The van der Waals surface area contributed by atoms with E-state index in [0.717, 1.165) is 49.6 Å². The van der Waals surface area contributed by atoms with Crippen molar-refractivity contribution in [1.29, 1.82) is 0 Å². The van der Waals surface area contributed by atoms with Crippen LogP contribution in [0.3, 0.4) is 0 Å². The lowest BCUT2D eigenvalue weighted by Gasteiger charge is -2.22. The van der Waals surface area contributed by atoms with Gasteiger partial charge in [0.2, 0.25) is 0 Å². The van der Waals surface area contributed by atoms with Crippen molar-refractivity contribution in [3.05, 3.63) is 52.0 Å². The van der Waals surface area contributed by atoms with Gasteiger partial charge in [-0.15, -0.1) is 0 Å². The molecule has 0 fully saturated rings. The Hall–Kier alpha value is -2.64. The number of aromatic nitrogens is 3. The SMILES string of the molecule is CN=C(NCCCn1nc2n(c1=O)CCCC2)N(C)Cc1cccc(F)c1. The van der Waals surface area contributed by atoms with Gasteiger partial charge in [-0.2, -0.15) is 5.10 Å². The van der Waals surface area contributed by atoms with Gasteiger partial charge in [-0.25, -0.2) is 13.9 Å². The van der Waals surface area contributed by atoms with Gasteiger partial charge < -0.3 is 10.2 Å². The molecule has 0 atom stereocenters. The normalized spacial score (nSPS) is 14.1. The number of benzene rings is 1. The summed E-state index contributed by atoms with van der Waals surface area (Å²) in [6.07, 6.45) is 3.81. The first-order valence-corrected chi connectivity index (χ1v) is 9.41. The van der Waals surface area contributed by atoms with Gasteiger partial charge in [0.1, 0.15) is 11.6 Å². The van der Waals surface area contributed by atoms with Crippen LogP contribution in [0.1, 0.15) is 30.7 Å². The number of rotatable bonds is 6. The third-order valence-corrected chi connectivity index (χ3v) is 4.74. The summed E-state index contributed by atoms with van der Waals surface area (Å²) in [5.74, 6) is 1.40. The Balaban J connectivity index is 1.48. The highest BCUT2D eigenvalue weighted by molar-refractivity contribution is 5.79. The minimum atomic E-state index is -0.239. The molecule has 3 rings (SSSR count). The fourth-order valence-electron chi connectivity index (χ4n) is 3.39. The molecule has 2 heterocycles. The van der Waals surface area contributed by atoms with Gasteiger partial charge in [0.05, 0.1) is 0 Å². The van der Waals surface area contributed by atoms with E-state index in [9.17, 15) is 9.18 Å². The van der Waals surface area contributed by atoms with Crippen molar-refractivity contribution in [2.24, 2.45) is 4.99 Å². The molecule has 1 aromatic carbocycles. The molecule has 27 heavy (non-hydrogen) atoms. The van der Waals surface area contributed by atoms with E-state index in [-0.39, 0.29) is 11.5 Å². The van der Waals surface area contributed by atoms with Crippen LogP contribution in [0.25, 0.3) is 0 Å². The molecular weight excluding hydrogens is 347 g/mol. The predicted molar refractivity (Wildman–Crippen MR) is 103 cm³/mol. The van der Waals surface area contributed by atoms with Gasteiger partial charge >= 0.3 is 5.69 Å². The molecule has 0 saturated carbocycles. The second kappa shape index (κ2) is 8.83. The number of fused-ring (bicyclic) bond motifs is 1. The predicted octanol–water partition coefficient (Wildman–Crippen LogP) is 1.62. The molecule has 0 spiro atoms. The summed E-state index contributed by atoms with van der Waals surface area (Å²) in [5.41, 5.74) is 0.882. The second-order valence-electron chi connectivity index (χ2n) is 6.84. The average molecular weight is 374 g/mol. The molecule has 1 aromatic heterocycles. The van der Waals surface area contributed by atoms with Crippen LogP contribution in [0.4, 0.5) is 4.39 Å². The molecule has 7 nitrogen and oxygen atoms in total. The standard InChI is InChI=1S/C19H27FN6O/c1-21-18(24(2)14-15-7-5-8-16(20)13-15)22-10-6-12-26-19(27)25-11-4-3-9-17(25)23-26/h5,7-8,13H,3-4,6,9-12,14H2,1-2H3,(H,21,22). The first-order chi connectivity index (χ1) is 13.1. The van der Waals surface area contributed by atoms with Crippen LogP contribution < -0.4 is 11.0 Å². The molecule has 2 aromatic rings. The van der Waals surface area contributed by atoms with Crippen molar-refractivity contribution in [1.82, 2.24) is 24.6 Å². The Kier molecular flexibility index (Phi) is 6.26. The van der Waals surface area contributed by atoms with Crippen LogP contribution in [-0.4, -0.2) is 45.8 Å². The van der Waals surface area contributed by atoms with Crippen LogP contribution in [0.2, 0.25) is 0 Å². The van der Waals surface area contributed by atoms with E-state index in [2.05, 4.69) is 15.4 Å². The average Bonchev–Trinajstić information content (AvgIpc) is 2.98. The van der Waals surface area contributed by atoms with E-state index in [1.54, 1.807) is 22.4 Å². The summed E-state index contributed by atoms with van der Waals surface area (Å²) in [5, 5.41) is 7.74. The number of aryl methyl sites for hydroxylation is 2. The minimum Gasteiger partial charge on any atom is -0.356 e. The monoisotopic (exact) mass is 374 g/mol. The molecule has 1 N–H and O–H groups in total. The molecule has 1 aliphatic rings. The summed E-state index contributed by atoms with van der Waals surface area (Å²) in [6.45, 7) is 2.60. The number of nitrogens with zero attached hydrogens (tertiary/aromatic N) is 5. The highest BCUT2D eigenvalue weighted by Gasteiger charge is 2.16. The summed E-state index contributed by atoms with van der Waals surface area (Å²) in [7, 11) is 3.63. The Labute approximate surface area is 158 Å². The zero-order valence-corrected chi connectivity index (χ0v) is 16.0. The maximum atomic E-state index is 13.3. The highest BCUT2D eigenvalue weighted by Crippen LogP contribution is 2.09. The Morgan fingerprint density at radius 3 is 3.00 bits per heavy atom. The maximum absolute atomic E-state index is 13.3. The van der Waals surface area contributed by atoms with Crippen LogP contribution in [0, 0.1) is 5.82 Å². The van der Waals surface area contributed by atoms with E-state index < -0.39 is 0 Å². The van der Waals surface area contributed by atoms with E-state index in [1.165, 1.54) is 12.1 Å². The smallest absolute Gasteiger partial charge is 0.345 e. The molecule has 0 radical (unpaired) electrons. The molecule has 0 bridgehead atoms. The van der Waals surface area contributed by atoms with Crippen molar-refractivity contribution in [2.45, 2.75) is 45.3 Å². The van der Waals surface area contributed by atoms with Gasteiger partial charge in [0, 0.05) is 46.7 Å². The van der Waals surface area contributed by atoms with E-state index in [1.807, 2.05) is 18.0 Å². The topological polar surface area (TPSA) is 67.5 Å². The van der Waals surface area contributed by atoms with Gasteiger partial charge in [0.25, 0.3) is 0 Å². The summed E-state index contributed by atoms with van der Waals surface area (Å²) < 4.78 is 16.7. The number of guanidine groups is 1. The number of halogens is 1. The van der Waals surface area contributed by atoms with Crippen molar-refractivity contribution in [3.8, 4) is 0 Å². The fraction of sp³-hybridized carbons (Fsp3) is 0.526. The number of hydrogen-bond donors (Lipinski definition) is 1. The number of nitrogens with one attached hydrogen (secondary N) is 1. The number of hydrogen-bond acceptors (Lipinski definition) is 3. The van der Waals surface area contributed by atoms with Gasteiger partial charge in [-0.1, -0.05) is 12.1 Å². The molecule has 0 amide bonds. The summed E-state index contributed by atoms with van der Waals surface area (Å²) in [6, 6.07) is 6.56. The third-order valence-electron chi connectivity index (χ3n) is 4.74. The fourth-order valence-corrected chi connectivity index (χ4v) is 3.39. The molecule has 0 saturated heterocycles. The van der Waals surface area contributed by atoms with E-state index >= 15 is 0 Å². The van der Waals surface area contributed by atoms with Crippen LogP contribution in [0.15, 0.2) is 34.1 Å². The molecule has 8 heteroatoms. The second-order valence-corrected chi connectivity index (χ2v) is 6.84. The van der Waals surface area contributed by atoms with E-state index in [0.29, 0.717) is 19.6 Å². The molecule has 146 valence electrons. The van der Waals surface area contributed by atoms with Gasteiger partial charge in [0.15, 0.2) is 5.96 Å². The first kappa shape index (κ1) is 19.1. The Bertz CT molecular complexity index is 856. The van der Waals surface area contributed by atoms with Crippen molar-refractivity contribution < 1.29 is 4.39 Å². The molecular formula is C19H27FN6O. The van der Waals surface area contributed by atoms with Crippen LogP contribution in [-0.2, 0) is 26.1 Å². The first-order valence-electron chi connectivity index (χ1n) is 9.41.